The Morgan fingerprint density at radius 2 is 1.56 bits per heavy atom. The average Bonchev–Trinajstić information content (AvgIpc) is 3.38. The zero-order valence-electron chi connectivity index (χ0n) is 20.7. The first-order valence-electron chi connectivity index (χ1n) is 10.00. The van der Waals surface area contributed by atoms with Gasteiger partial charge in [0.05, 0.1) is 36.9 Å². The summed E-state index contributed by atoms with van der Waals surface area (Å²) in [7, 11) is 3.77. The van der Waals surface area contributed by atoms with Gasteiger partial charge in [0.15, 0.2) is 10.9 Å². The molecule has 3 aromatic rings. The van der Waals surface area contributed by atoms with E-state index >= 15 is 0 Å². The molecule has 3 rings (SSSR count). The lowest BCUT2D eigenvalue weighted by molar-refractivity contribution is 0.104. The Morgan fingerprint density at radius 3 is 1.97 bits per heavy atom. The van der Waals surface area contributed by atoms with Gasteiger partial charge in [-0.3, -0.25) is 4.79 Å². The van der Waals surface area contributed by atoms with Crippen molar-refractivity contribution in [2.45, 2.75) is 40.3 Å². The number of rotatable bonds is 5. The third-order valence-corrected chi connectivity index (χ3v) is 6.46. The molecule has 0 fully saturated rings. The van der Waals surface area contributed by atoms with Gasteiger partial charge in [0.25, 0.3) is 0 Å². The lowest BCUT2D eigenvalue weighted by Gasteiger charge is -2.01. The summed E-state index contributed by atoms with van der Waals surface area (Å²) in [5.74, 6) is 0.0294. The number of aryl methyl sites for hydroxylation is 4. The zero-order valence-corrected chi connectivity index (χ0v) is 27.5. The van der Waals surface area contributed by atoms with Gasteiger partial charge in [0.2, 0.25) is 0 Å². The van der Waals surface area contributed by atoms with E-state index in [2.05, 4.69) is 57.2 Å². The number of thiazole rings is 2. The van der Waals surface area contributed by atoms with Crippen LogP contribution >= 0.6 is 71.7 Å². The number of allylic oxidation sites excluding steroid dienone is 1. The number of nitrogens with two attached hydrogens (primary N) is 2. The number of carbonyl (C=O) groups is 1. The highest BCUT2D eigenvalue weighted by Crippen LogP contribution is 2.28. The van der Waals surface area contributed by atoms with Crippen molar-refractivity contribution < 1.29 is 4.79 Å². The van der Waals surface area contributed by atoms with Crippen LogP contribution < -0.4 is 11.5 Å². The van der Waals surface area contributed by atoms with Gasteiger partial charge in [0, 0.05) is 82.2 Å². The maximum atomic E-state index is 11.6. The van der Waals surface area contributed by atoms with E-state index in [-0.39, 0.29) is 13.2 Å². The summed E-state index contributed by atoms with van der Waals surface area (Å²) in [5, 5.41) is 2.81. The highest BCUT2D eigenvalue weighted by atomic mass is 128. The van der Waals surface area contributed by atoms with Crippen molar-refractivity contribution in [2.75, 3.05) is 20.4 Å². The summed E-state index contributed by atoms with van der Waals surface area (Å²) in [6, 6.07) is 1.93. The Morgan fingerprint density at radius 1 is 1.00 bits per heavy atom. The van der Waals surface area contributed by atoms with E-state index in [0.717, 1.165) is 42.0 Å². The predicted octanol–water partition coefficient (Wildman–Crippen LogP) is 6.74. The number of aromatic nitrogens is 4. The topological polar surface area (TPSA) is 124 Å². The molecule has 0 spiro atoms. The van der Waals surface area contributed by atoms with Crippen molar-refractivity contribution in [3.63, 3.8) is 0 Å². The average molecular weight is 776 g/mol. The fraction of sp³-hybridized carbons (Fsp3) is 0.348. The fourth-order valence-corrected chi connectivity index (χ4v) is 4.47. The van der Waals surface area contributed by atoms with Crippen LogP contribution in [-0.2, 0) is 0 Å². The molecule has 3 heterocycles. The molecule has 0 radical (unpaired) electrons. The number of halogens is 2. The molecule has 8 nitrogen and oxygen atoms in total. The number of ketones is 1. The molecule has 0 saturated carbocycles. The number of hydrogen-bond acceptors (Lipinski definition) is 11. The minimum absolute atomic E-state index is 0. The molecule has 13 heteroatoms. The maximum absolute atomic E-state index is 11.6. The molecule has 36 heavy (non-hydrogen) atoms. The maximum Gasteiger partial charge on any atom is 0.199 e. The monoisotopic (exact) mass is 775 g/mol. The first-order valence-corrected chi connectivity index (χ1v) is 19.1. The van der Waals surface area contributed by atoms with Gasteiger partial charge in [-0.15, -0.1) is 22.7 Å². The van der Waals surface area contributed by atoms with Crippen LogP contribution in [-0.4, -0.2) is 51.0 Å². The molecule has 0 bridgehead atoms. The van der Waals surface area contributed by atoms with Crippen LogP contribution in [0.25, 0.3) is 10.6 Å². The van der Waals surface area contributed by atoms with Gasteiger partial charge in [-0.05, 0) is 40.0 Å². The number of nitrogens with zero attached hydrogens (tertiary/aromatic N) is 5. The second-order valence-electron chi connectivity index (χ2n) is 6.75. The molecule has 0 aliphatic carbocycles. The van der Waals surface area contributed by atoms with Crippen LogP contribution in [0.2, 0.25) is 0 Å². The highest BCUT2D eigenvalue weighted by molar-refractivity contribution is 15.0. The van der Waals surface area contributed by atoms with Gasteiger partial charge in [-0.25, -0.2) is 19.9 Å². The predicted molar refractivity (Wildman–Crippen MR) is 175 cm³/mol. The first-order chi connectivity index (χ1) is 16.6. The Balaban J connectivity index is 0. The molecule has 200 valence electrons. The molecular weight excluding hydrogens is 740 g/mol. The molecule has 3 aromatic heterocycles. The van der Waals surface area contributed by atoms with Gasteiger partial charge in [-0.2, -0.15) is 0 Å². The van der Waals surface area contributed by atoms with Gasteiger partial charge in [0.1, 0.15) is 0 Å². The first kappa shape index (κ1) is 36.9. The largest absolute Gasteiger partial charge is 0.403 e. The molecule has 0 amide bonds. The molecule has 0 unspecified atom stereocenters. The number of carbonyl (C=O) groups excluding carboxylic acids is 1. The van der Waals surface area contributed by atoms with Crippen LogP contribution in [0.15, 0.2) is 42.1 Å². The molecule has 0 saturated heterocycles. The van der Waals surface area contributed by atoms with Gasteiger partial charge in [-0.1, -0.05) is 19.2 Å². The van der Waals surface area contributed by atoms with Crippen molar-refractivity contribution in [1.29, 1.82) is 0 Å². The van der Waals surface area contributed by atoms with Gasteiger partial charge >= 0.3 is 0 Å². The van der Waals surface area contributed by atoms with Crippen molar-refractivity contribution in [1.82, 2.24) is 24.8 Å². The fourth-order valence-electron chi connectivity index (χ4n) is 2.39. The van der Waals surface area contributed by atoms with E-state index in [1.165, 1.54) is 23.7 Å². The van der Waals surface area contributed by atoms with E-state index in [4.69, 9.17) is 11.5 Å². The third kappa shape index (κ3) is 13.9. The van der Waals surface area contributed by atoms with Crippen LogP contribution in [0.1, 0.15) is 38.5 Å². The Hall–Kier alpha value is -1.30. The van der Waals surface area contributed by atoms with Crippen LogP contribution in [0.4, 0.5) is 0 Å². The lowest BCUT2D eigenvalue weighted by Crippen LogP contribution is -2.02. The van der Waals surface area contributed by atoms with Crippen LogP contribution in [0.3, 0.4) is 0 Å². The van der Waals surface area contributed by atoms with Crippen molar-refractivity contribution in [2.24, 2.45) is 11.5 Å². The summed E-state index contributed by atoms with van der Waals surface area (Å²) < 4.78 is 0. The summed E-state index contributed by atoms with van der Waals surface area (Å²) in [4.78, 5) is 32.6. The number of thioether (sulfide) groups is 1. The summed E-state index contributed by atoms with van der Waals surface area (Å²) in [6.45, 7) is 7.79. The normalized spacial score (nSPS) is 9.81. The van der Waals surface area contributed by atoms with Crippen molar-refractivity contribution >= 4 is 77.5 Å². The molecule has 0 aliphatic rings. The highest BCUT2D eigenvalue weighted by Gasteiger charge is 2.11. The second-order valence-corrected chi connectivity index (χ2v) is 9.93. The van der Waals surface area contributed by atoms with Crippen molar-refractivity contribution in [3.8, 4) is 10.6 Å². The second kappa shape index (κ2) is 20.7. The molecule has 0 aliphatic heterocycles. The summed E-state index contributed by atoms with van der Waals surface area (Å²) in [5.41, 5.74) is 12.3. The van der Waals surface area contributed by atoms with E-state index in [1.54, 1.807) is 41.6 Å². The minimum Gasteiger partial charge on any atom is -0.403 e. The smallest absolute Gasteiger partial charge is 0.199 e. The standard InChI is InChI=1S/C10H11N3S2.C10H14N2OS.C2H6N2.CH4.I2/c1-6-9(15-7(2)12-6)8-4-5-11-10(13-8)14-3;1-7-10(14-8(2)11-7)9(13)5-6-12(3)4;3-1-2-4;;1-2/h4-5H,1-3H3;5-6H,1-4H3;1-2H,3-4H2;1H4;/b;6-5+;;;. The SMILES string of the molecule is C.CSc1nccc(-c2sc(C)nc2C)n1.Cc1nc(C)c(C(=O)/C=C/N(C)C)s1.II.NC=CN. The third-order valence-electron chi connectivity index (χ3n) is 3.71. The minimum atomic E-state index is 0. The number of hydrogen-bond donors (Lipinski definition) is 2. The van der Waals surface area contributed by atoms with Gasteiger partial charge < -0.3 is 16.4 Å². The van der Waals surface area contributed by atoms with Crippen LogP contribution in [0, 0.1) is 27.7 Å². The summed E-state index contributed by atoms with van der Waals surface area (Å²) in [6.07, 6.45) is 9.64. The Kier molecular flexibility index (Phi) is 21.2. The molecule has 0 aromatic carbocycles. The van der Waals surface area contributed by atoms with E-state index in [9.17, 15) is 4.79 Å². The molecule has 0 atom stereocenters. The van der Waals surface area contributed by atoms with E-state index < -0.39 is 0 Å². The molecule has 4 N–H and O–H groups in total. The van der Waals surface area contributed by atoms with E-state index in [1.807, 2.05) is 59.0 Å². The lowest BCUT2D eigenvalue weighted by atomic mass is 10.3. The quantitative estimate of drug-likeness (QED) is 0.0954. The molecular formula is C23H35I2N7OS3. The zero-order chi connectivity index (χ0) is 27.0. The summed E-state index contributed by atoms with van der Waals surface area (Å²) >= 11 is 8.91. The van der Waals surface area contributed by atoms with Crippen molar-refractivity contribution in [3.05, 3.63) is 63.2 Å². The Labute approximate surface area is 250 Å². The van der Waals surface area contributed by atoms with E-state index in [0.29, 0.717) is 0 Å². The van der Waals surface area contributed by atoms with Crippen LogP contribution in [0.5, 0.6) is 0 Å². The Bertz CT molecular complexity index is 1100.